The lowest BCUT2D eigenvalue weighted by Crippen LogP contribution is -2.50. The standard InChI is InChI=1S/C31H31F3N6O2/c1-19-26(22-13-29(40-8-10-41-11-9-40)30(38-15-22)42-25-17-36-18-25)14-24(16-37-19)39-28-7-4-21(12-27(28)31(32,33)34)20-2-5-23(35)6-3-20/h2-7,12-16,25,36,39H,8-11,17-18,35H2,1H3. The largest absolute Gasteiger partial charge is 0.470 e. The Kier molecular flexibility index (Phi) is 7.61. The Morgan fingerprint density at radius 3 is 2.38 bits per heavy atom. The summed E-state index contributed by atoms with van der Waals surface area (Å²) in [7, 11) is 0. The molecule has 0 amide bonds. The van der Waals surface area contributed by atoms with Crippen LogP contribution in [0.5, 0.6) is 5.88 Å². The molecule has 8 nitrogen and oxygen atoms in total. The Labute approximate surface area is 241 Å². The van der Waals surface area contributed by atoms with Gasteiger partial charge >= 0.3 is 6.18 Å². The number of nitrogens with zero attached hydrogens (tertiary/aromatic N) is 3. The highest BCUT2D eigenvalue weighted by Gasteiger charge is 2.34. The van der Waals surface area contributed by atoms with Crippen molar-refractivity contribution in [1.82, 2.24) is 15.3 Å². The number of hydrogen-bond acceptors (Lipinski definition) is 8. The maximum Gasteiger partial charge on any atom is 0.418 e. The first kappa shape index (κ1) is 27.8. The predicted molar refractivity (Wildman–Crippen MR) is 157 cm³/mol. The van der Waals surface area contributed by atoms with E-state index >= 15 is 0 Å². The molecule has 4 N–H and O–H groups in total. The number of ether oxygens (including phenoxy) is 2. The van der Waals surface area contributed by atoms with Crippen molar-refractivity contribution in [3.05, 3.63) is 78.2 Å². The maximum atomic E-state index is 14.2. The summed E-state index contributed by atoms with van der Waals surface area (Å²) in [5.41, 5.74) is 10.1. The molecular formula is C31H31F3N6O2. The molecule has 2 aromatic heterocycles. The first-order valence-corrected chi connectivity index (χ1v) is 13.8. The van der Waals surface area contributed by atoms with Gasteiger partial charge in [0.15, 0.2) is 0 Å². The van der Waals surface area contributed by atoms with E-state index in [0.717, 1.165) is 41.7 Å². The number of aromatic nitrogens is 2. The Balaban J connectivity index is 1.33. The van der Waals surface area contributed by atoms with Crippen LogP contribution in [0.2, 0.25) is 0 Å². The topological polar surface area (TPSA) is 97.6 Å². The van der Waals surface area contributed by atoms with Gasteiger partial charge in [-0.2, -0.15) is 13.2 Å². The zero-order chi connectivity index (χ0) is 29.3. The van der Waals surface area contributed by atoms with Crippen LogP contribution in [0.4, 0.5) is 35.9 Å². The highest BCUT2D eigenvalue weighted by atomic mass is 19.4. The van der Waals surface area contributed by atoms with Crippen molar-refractivity contribution in [3.8, 4) is 28.1 Å². The van der Waals surface area contributed by atoms with E-state index in [1.54, 1.807) is 42.6 Å². The lowest BCUT2D eigenvalue weighted by atomic mass is 10.0. The molecule has 6 rings (SSSR count). The second-order valence-corrected chi connectivity index (χ2v) is 10.4. The molecule has 11 heteroatoms. The average Bonchev–Trinajstić information content (AvgIpc) is 2.96. The van der Waals surface area contributed by atoms with E-state index in [4.69, 9.17) is 15.2 Å². The van der Waals surface area contributed by atoms with Crippen molar-refractivity contribution in [1.29, 1.82) is 0 Å². The highest BCUT2D eigenvalue weighted by molar-refractivity contribution is 5.77. The average molecular weight is 577 g/mol. The lowest BCUT2D eigenvalue weighted by molar-refractivity contribution is -0.136. The molecule has 2 aliphatic heterocycles. The fourth-order valence-corrected chi connectivity index (χ4v) is 5.01. The van der Waals surface area contributed by atoms with Crippen LogP contribution in [0, 0.1) is 6.92 Å². The van der Waals surface area contributed by atoms with E-state index in [2.05, 4.69) is 25.5 Å². The molecule has 2 fully saturated rings. The number of benzene rings is 2. The molecule has 0 aliphatic carbocycles. The number of anilines is 4. The van der Waals surface area contributed by atoms with Gasteiger partial charge in [-0.1, -0.05) is 18.2 Å². The van der Waals surface area contributed by atoms with Gasteiger partial charge in [-0.3, -0.25) is 4.98 Å². The van der Waals surface area contributed by atoms with Crippen molar-refractivity contribution in [2.24, 2.45) is 0 Å². The van der Waals surface area contributed by atoms with Gasteiger partial charge in [0.05, 0.1) is 36.3 Å². The van der Waals surface area contributed by atoms with Crippen LogP contribution in [0.25, 0.3) is 22.3 Å². The summed E-state index contributed by atoms with van der Waals surface area (Å²) in [6.45, 7) is 6.01. The van der Waals surface area contributed by atoms with E-state index in [9.17, 15) is 13.2 Å². The number of pyridine rings is 2. The van der Waals surface area contributed by atoms with E-state index in [0.29, 0.717) is 54.7 Å². The Morgan fingerprint density at radius 1 is 0.952 bits per heavy atom. The predicted octanol–water partition coefficient (Wildman–Crippen LogP) is 5.65. The Hall–Kier alpha value is -4.35. The van der Waals surface area contributed by atoms with Gasteiger partial charge in [-0.15, -0.1) is 0 Å². The van der Waals surface area contributed by atoms with E-state index in [-0.39, 0.29) is 11.8 Å². The smallest absolute Gasteiger partial charge is 0.418 e. The number of nitrogen functional groups attached to an aromatic ring is 1. The van der Waals surface area contributed by atoms with Gasteiger partial charge < -0.3 is 30.7 Å². The summed E-state index contributed by atoms with van der Waals surface area (Å²) in [5.74, 6) is 0.558. The molecule has 4 heterocycles. The number of morpholine rings is 1. The summed E-state index contributed by atoms with van der Waals surface area (Å²) in [6, 6.07) is 14.8. The fraction of sp³-hybridized carbons (Fsp3) is 0.290. The van der Waals surface area contributed by atoms with E-state index in [1.165, 1.54) is 12.3 Å². The number of nitrogens with one attached hydrogen (secondary N) is 2. The van der Waals surface area contributed by atoms with Gasteiger partial charge in [0.25, 0.3) is 0 Å². The monoisotopic (exact) mass is 576 g/mol. The van der Waals surface area contributed by atoms with Crippen molar-refractivity contribution in [2.75, 3.05) is 55.3 Å². The van der Waals surface area contributed by atoms with Gasteiger partial charge in [0, 0.05) is 54.9 Å². The SMILES string of the molecule is Cc1ncc(Nc2ccc(-c3ccc(N)cc3)cc2C(F)(F)F)cc1-c1cnc(OC2CNC2)c(N2CCOCC2)c1. The van der Waals surface area contributed by atoms with Crippen molar-refractivity contribution < 1.29 is 22.6 Å². The van der Waals surface area contributed by atoms with E-state index < -0.39 is 11.7 Å². The third-order valence-corrected chi connectivity index (χ3v) is 7.45. The quantitative estimate of drug-likeness (QED) is 0.243. The van der Waals surface area contributed by atoms with Gasteiger partial charge in [0.2, 0.25) is 5.88 Å². The second kappa shape index (κ2) is 11.5. The maximum absolute atomic E-state index is 14.2. The molecule has 2 aliphatic rings. The molecule has 218 valence electrons. The molecular weight excluding hydrogens is 545 g/mol. The third-order valence-electron chi connectivity index (χ3n) is 7.45. The van der Waals surface area contributed by atoms with Crippen LogP contribution in [-0.2, 0) is 10.9 Å². The molecule has 0 bridgehead atoms. The van der Waals surface area contributed by atoms with Crippen molar-refractivity contribution in [3.63, 3.8) is 0 Å². The van der Waals surface area contributed by atoms with Crippen molar-refractivity contribution >= 4 is 22.7 Å². The fourth-order valence-electron chi connectivity index (χ4n) is 5.01. The van der Waals surface area contributed by atoms with Crippen LogP contribution >= 0.6 is 0 Å². The minimum Gasteiger partial charge on any atom is -0.470 e. The second-order valence-electron chi connectivity index (χ2n) is 10.4. The molecule has 0 atom stereocenters. The van der Waals surface area contributed by atoms with Crippen LogP contribution in [0.1, 0.15) is 11.3 Å². The first-order valence-electron chi connectivity index (χ1n) is 13.8. The Morgan fingerprint density at radius 2 is 1.69 bits per heavy atom. The van der Waals surface area contributed by atoms with Gasteiger partial charge in [0.1, 0.15) is 11.8 Å². The number of aryl methyl sites for hydroxylation is 1. The summed E-state index contributed by atoms with van der Waals surface area (Å²) >= 11 is 0. The van der Waals surface area contributed by atoms with E-state index in [1.807, 2.05) is 13.0 Å². The zero-order valence-electron chi connectivity index (χ0n) is 23.0. The summed E-state index contributed by atoms with van der Waals surface area (Å²) < 4.78 is 54.2. The number of halogens is 3. The van der Waals surface area contributed by atoms with Crippen LogP contribution in [-0.4, -0.2) is 55.5 Å². The lowest BCUT2D eigenvalue weighted by Gasteiger charge is -2.33. The number of nitrogens with two attached hydrogens (primary N) is 1. The highest BCUT2D eigenvalue weighted by Crippen LogP contribution is 2.40. The molecule has 4 aromatic rings. The van der Waals surface area contributed by atoms with Crippen LogP contribution in [0.15, 0.2) is 67.0 Å². The number of hydrogen-bond donors (Lipinski definition) is 3. The van der Waals surface area contributed by atoms with Gasteiger partial charge in [-0.05, 0) is 54.4 Å². The molecule has 0 unspecified atom stereocenters. The zero-order valence-corrected chi connectivity index (χ0v) is 23.0. The number of rotatable bonds is 7. The summed E-state index contributed by atoms with van der Waals surface area (Å²) in [6.07, 6.45) is -1.25. The Bertz CT molecular complexity index is 1570. The minimum atomic E-state index is -4.57. The summed E-state index contributed by atoms with van der Waals surface area (Å²) in [5, 5.41) is 6.15. The molecule has 42 heavy (non-hydrogen) atoms. The molecule has 2 saturated heterocycles. The van der Waals surface area contributed by atoms with Crippen molar-refractivity contribution in [2.45, 2.75) is 19.2 Å². The minimum absolute atomic E-state index is 0.0633. The first-order chi connectivity index (χ1) is 20.2. The molecule has 0 saturated carbocycles. The van der Waals surface area contributed by atoms with Crippen LogP contribution in [0.3, 0.4) is 0 Å². The van der Waals surface area contributed by atoms with Crippen LogP contribution < -0.4 is 26.0 Å². The normalized spacial score (nSPS) is 15.8. The molecule has 2 aromatic carbocycles. The molecule has 0 radical (unpaired) electrons. The summed E-state index contributed by atoms with van der Waals surface area (Å²) in [4.78, 5) is 11.3. The number of alkyl halides is 3. The van der Waals surface area contributed by atoms with Gasteiger partial charge in [-0.25, -0.2) is 4.98 Å². The third kappa shape index (κ3) is 5.97. The molecule has 0 spiro atoms.